The van der Waals surface area contributed by atoms with Gasteiger partial charge >= 0.3 is 0 Å². The van der Waals surface area contributed by atoms with Crippen LogP contribution >= 0.6 is 0 Å². The molecule has 1 unspecified atom stereocenters. The zero-order chi connectivity index (χ0) is 13.8. The van der Waals surface area contributed by atoms with Gasteiger partial charge in [-0.2, -0.15) is 0 Å². The van der Waals surface area contributed by atoms with E-state index in [1.807, 2.05) is 38.2 Å². The van der Waals surface area contributed by atoms with E-state index >= 15 is 0 Å². The van der Waals surface area contributed by atoms with Crippen molar-refractivity contribution in [1.82, 2.24) is 5.32 Å². The molecule has 3 heteroatoms. The molecule has 0 radical (unpaired) electrons. The van der Waals surface area contributed by atoms with E-state index in [9.17, 15) is 8.78 Å². The Labute approximate surface area is 112 Å². The largest absolute Gasteiger partial charge is 0.313 e. The van der Waals surface area contributed by atoms with E-state index < -0.39 is 11.6 Å². The summed E-state index contributed by atoms with van der Waals surface area (Å²) in [5, 5.41) is 3.19. The van der Waals surface area contributed by atoms with E-state index in [0.717, 1.165) is 17.2 Å². The normalized spacial score (nSPS) is 12.4. The van der Waals surface area contributed by atoms with Crippen molar-refractivity contribution < 1.29 is 8.78 Å². The van der Waals surface area contributed by atoms with Crippen molar-refractivity contribution >= 4 is 0 Å². The van der Waals surface area contributed by atoms with E-state index in [0.29, 0.717) is 12.0 Å². The second kappa shape index (κ2) is 5.93. The van der Waals surface area contributed by atoms with Crippen LogP contribution in [0.4, 0.5) is 8.78 Å². The molecular formula is C16H17F2N. The predicted octanol–water partition coefficient (Wildman–Crippen LogP) is 3.78. The summed E-state index contributed by atoms with van der Waals surface area (Å²) >= 11 is 0. The molecule has 2 aromatic carbocycles. The van der Waals surface area contributed by atoms with E-state index in [1.54, 1.807) is 0 Å². The lowest BCUT2D eigenvalue weighted by Crippen LogP contribution is -2.20. The summed E-state index contributed by atoms with van der Waals surface area (Å²) in [5.74, 6) is -1.04. The summed E-state index contributed by atoms with van der Waals surface area (Å²) in [6.07, 6.45) is 0.494. The van der Waals surface area contributed by atoms with Gasteiger partial charge in [-0.1, -0.05) is 30.3 Å². The topological polar surface area (TPSA) is 12.0 Å². The molecule has 1 nitrogen and oxygen atoms in total. The van der Waals surface area contributed by atoms with Crippen molar-refractivity contribution in [2.24, 2.45) is 0 Å². The van der Waals surface area contributed by atoms with E-state index in [-0.39, 0.29) is 6.04 Å². The number of benzene rings is 2. The molecule has 0 saturated heterocycles. The summed E-state index contributed by atoms with van der Waals surface area (Å²) in [6.45, 7) is 2.03. The Bertz CT molecular complexity index is 566. The molecule has 0 heterocycles. The number of hydrogen-bond donors (Lipinski definition) is 1. The second-order valence-corrected chi connectivity index (χ2v) is 4.64. The third-order valence-corrected chi connectivity index (χ3v) is 3.35. The Morgan fingerprint density at radius 1 is 1.11 bits per heavy atom. The highest BCUT2D eigenvalue weighted by Gasteiger charge is 2.14. The highest BCUT2D eigenvalue weighted by molar-refractivity contribution is 5.31. The number of aryl methyl sites for hydroxylation is 1. The van der Waals surface area contributed by atoms with Crippen molar-refractivity contribution in [1.29, 1.82) is 0 Å². The Hall–Kier alpha value is -1.74. The first-order valence-corrected chi connectivity index (χ1v) is 6.28. The zero-order valence-corrected chi connectivity index (χ0v) is 11.1. The molecule has 2 aromatic rings. The van der Waals surface area contributed by atoms with Crippen LogP contribution < -0.4 is 5.32 Å². The van der Waals surface area contributed by atoms with Gasteiger partial charge in [0.15, 0.2) is 0 Å². The van der Waals surface area contributed by atoms with Gasteiger partial charge in [0.25, 0.3) is 0 Å². The summed E-state index contributed by atoms with van der Waals surface area (Å²) in [5.41, 5.74) is 2.81. The zero-order valence-electron chi connectivity index (χ0n) is 11.1. The summed E-state index contributed by atoms with van der Waals surface area (Å²) in [6, 6.07) is 11.7. The lowest BCUT2D eigenvalue weighted by Gasteiger charge is -2.19. The van der Waals surface area contributed by atoms with Crippen molar-refractivity contribution in [3.63, 3.8) is 0 Å². The fraction of sp³-hybridized carbons (Fsp3) is 0.250. The van der Waals surface area contributed by atoms with Crippen LogP contribution in [0.15, 0.2) is 42.5 Å². The molecule has 0 fully saturated rings. The van der Waals surface area contributed by atoms with E-state index in [1.165, 1.54) is 12.1 Å². The molecule has 0 bridgehead atoms. The first-order valence-electron chi connectivity index (χ1n) is 6.28. The molecule has 0 aliphatic carbocycles. The van der Waals surface area contributed by atoms with Crippen LogP contribution in [0, 0.1) is 18.6 Å². The molecule has 1 N–H and O–H groups in total. The van der Waals surface area contributed by atoms with Gasteiger partial charge in [-0.25, -0.2) is 8.78 Å². The first-order chi connectivity index (χ1) is 9.11. The highest BCUT2D eigenvalue weighted by Crippen LogP contribution is 2.23. The summed E-state index contributed by atoms with van der Waals surface area (Å²) in [4.78, 5) is 0. The number of hydrogen-bond acceptors (Lipinski definition) is 1. The molecule has 0 saturated carbocycles. The van der Waals surface area contributed by atoms with Gasteiger partial charge in [-0.15, -0.1) is 0 Å². The molecule has 0 aliphatic rings. The third-order valence-electron chi connectivity index (χ3n) is 3.35. The van der Waals surface area contributed by atoms with Gasteiger partial charge in [0.1, 0.15) is 11.6 Å². The molecule has 0 spiro atoms. The minimum atomic E-state index is -0.543. The molecule has 0 aliphatic heterocycles. The summed E-state index contributed by atoms with van der Waals surface area (Å²) in [7, 11) is 1.85. The highest BCUT2D eigenvalue weighted by atomic mass is 19.1. The smallest absolute Gasteiger partial charge is 0.129 e. The van der Waals surface area contributed by atoms with Gasteiger partial charge in [-0.05, 0) is 43.1 Å². The standard InChI is InChI=1S/C16H17F2N/c1-11-5-3-4-6-14(11)16(19-2)9-12-7-8-13(17)10-15(12)18/h3-8,10,16,19H,9H2,1-2H3. The van der Waals surface area contributed by atoms with Crippen LogP contribution in [0.2, 0.25) is 0 Å². The minimum Gasteiger partial charge on any atom is -0.313 e. The van der Waals surface area contributed by atoms with E-state index in [2.05, 4.69) is 5.32 Å². The average molecular weight is 261 g/mol. The maximum Gasteiger partial charge on any atom is 0.129 e. The van der Waals surface area contributed by atoms with Crippen LogP contribution in [0.3, 0.4) is 0 Å². The van der Waals surface area contributed by atoms with Crippen molar-refractivity contribution in [2.75, 3.05) is 7.05 Å². The Morgan fingerprint density at radius 3 is 2.47 bits per heavy atom. The quantitative estimate of drug-likeness (QED) is 0.883. The van der Waals surface area contributed by atoms with Gasteiger partial charge < -0.3 is 5.32 Å². The van der Waals surface area contributed by atoms with Gasteiger partial charge in [0.2, 0.25) is 0 Å². The molecule has 0 aromatic heterocycles. The summed E-state index contributed by atoms with van der Waals surface area (Å²) < 4.78 is 26.6. The molecule has 19 heavy (non-hydrogen) atoms. The monoisotopic (exact) mass is 261 g/mol. The third kappa shape index (κ3) is 3.18. The fourth-order valence-electron chi connectivity index (χ4n) is 2.25. The van der Waals surface area contributed by atoms with Crippen LogP contribution in [0.25, 0.3) is 0 Å². The molecule has 0 amide bonds. The number of rotatable bonds is 4. The maximum atomic E-state index is 13.7. The van der Waals surface area contributed by atoms with Crippen molar-refractivity contribution in [3.8, 4) is 0 Å². The van der Waals surface area contributed by atoms with Crippen LogP contribution in [0.5, 0.6) is 0 Å². The molecule has 1 atom stereocenters. The van der Waals surface area contributed by atoms with Gasteiger partial charge in [0, 0.05) is 12.1 Å². The molecular weight excluding hydrogens is 244 g/mol. The number of likely N-dealkylation sites (N-methyl/N-ethyl adjacent to an activating group) is 1. The lowest BCUT2D eigenvalue weighted by molar-refractivity contribution is 0.539. The minimum absolute atomic E-state index is 0.0150. The van der Waals surface area contributed by atoms with Crippen LogP contribution in [0.1, 0.15) is 22.7 Å². The SMILES string of the molecule is CNC(Cc1ccc(F)cc1F)c1ccccc1C. The predicted molar refractivity (Wildman–Crippen MR) is 73.0 cm³/mol. The van der Waals surface area contributed by atoms with Crippen molar-refractivity contribution in [3.05, 3.63) is 70.8 Å². The second-order valence-electron chi connectivity index (χ2n) is 4.64. The molecule has 2 rings (SSSR count). The number of nitrogens with one attached hydrogen (secondary N) is 1. The fourth-order valence-corrected chi connectivity index (χ4v) is 2.25. The lowest BCUT2D eigenvalue weighted by atomic mass is 9.95. The van der Waals surface area contributed by atoms with Crippen LogP contribution in [-0.4, -0.2) is 7.05 Å². The Morgan fingerprint density at radius 2 is 1.84 bits per heavy atom. The van der Waals surface area contributed by atoms with Gasteiger partial charge in [-0.3, -0.25) is 0 Å². The first kappa shape index (κ1) is 13.7. The average Bonchev–Trinajstić information content (AvgIpc) is 2.39. The van der Waals surface area contributed by atoms with Crippen molar-refractivity contribution in [2.45, 2.75) is 19.4 Å². The van der Waals surface area contributed by atoms with Gasteiger partial charge in [0.05, 0.1) is 0 Å². The maximum absolute atomic E-state index is 13.7. The number of halogens is 2. The molecule has 100 valence electrons. The van der Waals surface area contributed by atoms with Crippen LogP contribution in [-0.2, 0) is 6.42 Å². The Kier molecular flexibility index (Phi) is 4.27. The van der Waals surface area contributed by atoms with E-state index in [4.69, 9.17) is 0 Å². The Balaban J connectivity index is 2.27.